The molecular formula is C16H13N7O5. The zero-order chi connectivity index (χ0) is 20.2. The third-order valence-corrected chi connectivity index (χ3v) is 5.12. The summed E-state index contributed by atoms with van der Waals surface area (Å²) < 4.78 is 0. The number of benzene rings is 1. The molecule has 0 saturated carbocycles. The number of nitrogens with one attached hydrogen (secondary N) is 2. The van der Waals surface area contributed by atoms with Gasteiger partial charge in [-0.3, -0.25) is 25.0 Å². The summed E-state index contributed by atoms with van der Waals surface area (Å²) in [4.78, 5) is 36.4. The summed E-state index contributed by atoms with van der Waals surface area (Å²) in [6.45, 7) is 0.744. The smallest absolute Gasteiger partial charge is 0.311 e. The molecule has 1 unspecified atom stereocenters. The Hall–Kier alpha value is -4.14. The maximum atomic E-state index is 13.1. The number of hydrogen-bond acceptors (Lipinski definition) is 9. The Bertz CT molecular complexity index is 1070. The average Bonchev–Trinajstić information content (AvgIpc) is 2.94. The number of carbonyl (C=O) groups excluding carboxylic acids is 1. The fourth-order valence-corrected chi connectivity index (χ4v) is 3.98. The summed E-state index contributed by atoms with van der Waals surface area (Å²) in [5.74, 6) is -0.930. The molecular weight excluding hydrogens is 370 g/mol. The number of carbonyl (C=O) groups is 1. The minimum atomic E-state index is -2.18. The Kier molecular flexibility index (Phi) is 3.51. The van der Waals surface area contributed by atoms with Gasteiger partial charge in [0.25, 0.3) is 11.6 Å². The molecule has 3 heterocycles. The van der Waals surface area contributed by atoms with Crippen molar-refractivity contribution in [1.82, 2.24) is 10.2 Å². The lowest BCUT2D eigenvalue weighted by Crippen LogP contribution is -2.54. The summed E-state index contributed by atoms with van der Waals surface area (Å²) >= 11 is 0. The van der Waals surface area contributed by atoms with Crippen LogP contribution in [-0.2, 0) is 10.2 Å². The lowest BCUT2D eigenvalue weighted by Gasteiger charge is -2.40. The van der Waals surface area contributed by atoms with Crippen molar-refractivity contribution < 1.29 is 14.6 Å². The van der Waals surface area contributed by atoms with E-state index >= 15 is 0 Å². The quantitative estimate of drug-likeness (QED) is 0.476. The highest BCUT2D eigenvalue weighted by Gasteiger charge is 2.64. The Labute approximate surface area is 157 Å². The lowest BCUT2D eigenvalue weighted by molar-refractivity contribution is -0.435. The van der Waals surface area contributed by atoms with Crippen LogP contribution in [-0.4, -0.2) is 33.7 Å². The molecule has 142 valence electrons. The van der Waals surface area contributed by atoms with Gasteiger partial charge in [-0.2, -0.15) is 5.26 Å². The second kappa shape index (κ2) is 5.68. The molecule has 0 radical (unpaired) electrons. The summed E-state index contributed by atoms with van der Waals surface area (Å²) in [5.41, 5.74) is 2.81. The molecule has 1 spiro atoms. The van der Waals surface area contributed by atoms with Gasteiger partial charge in [0.05, 0.1) is 9.85 Å². The van der Waals surface area contributed by atoms with Gasteiger partial charge in [0.1, 0.15) is 17.5 Å². The summed E-state index contributed by atoms with van der Waals surface area (Å²) in [6, 6.07) is 5.37. The molecule has 1 amide bonds. The lowest BCUT2D eigenvalue weighted by atomic mass is 9.70. The number of nitrogens with two attached hydrogens (primary N) is 1. The van der Waals surface area contributed by atoms with Crippen molar-refractivity contribution in [3.63, 3.8) is 0 Å². The van der Waals surface area contributed by atoms with Crippen LogP contribution >= 0.6 is 0 Å². The van der Waals surface area contributed by atoms with Crippen LogP contribution in [0.1, 0.15) is 12.0 Å². The standard InChI is InChI=1S/C16H13N7O5/c17-7-10-13(18)21-5-1-4-19-14(21)12(23(27)28)16(10)9-6-8(22(25)26)2-3-11(9)20-15(16)24/h2-3,6,19H,1,4-5,18H2,(H,20,24). The van der Waals surface area contributed by atoms with Crippen LogP contribution in [0.2, 0.25) is 0 Å². The molecule has 12 nitrogen and oxygen atoms in total. The van der Waals surface area contributed by atoms with Gasteiger partial charge in [-0.05, 0) is 12.5 Å². The van der Waals surface area contributed by atoms with Crippen molar-refractivity contribution in [1.29, 1.82) is 5.26 Å². The molecule has 1 aromatic carbocycles. The zero-order valence-electron chi connectivity index (χ0n) is 14.3. The highest BCUT2D eigenvalue weighted by Crippen LogP contribution is 2.52. The van der Waals surface area contributed by atoms with E-state index in [0.717, 1.165) is 6.07 Å². The number of fused-ring (bicyclic) bond motifs is 3. The predicted molar refractivity (Wildman–Crippen MR) is 93.6 cm³/mol. The summed E-state index contributed by atoms with van der Waals surface area (Å²) in [6.07, 6.45) is 0.620. The van der Waals surface area contributed by atoms with Crippen LogP contribution in [0.5, 0.6) is 0 Å². The number of nitro groups is 2. The second-order valence-corrected chi connectivity index (χ2v) is 6.45. The largest absolute Gasteiger partial charge is 0.384 e. The van der Waals surface area contributed by atoms with E-state index in [1.54, 1.807) is 0 Å². The number of nitriles is 1. The van der Waals surface area contributed by atoms with E-state index in [9.17, 15) is 30.3 Å². The van der Waals surface area contributed by atoms with Crippen LogP contribution in [0.15, 0.2) is 41.1 Å². The molecule has 0 aliphatic carbocycles. The number of non-ortho nitro benzene ring substituents is 1. The Balaban J connectivity index is 2.13. The molecule has 0 aromatic heterocycles. The van der Waals surface area contributed by atoms with E-state index in [1.165, 1.54) is 17.0 Å². The number of nitro benzene ring substituents is 1. The van der Waals surface area contributed by atoms with Crippen molar-refractivity contribution in [2.75, 3.05) is 18.4 Å². The van der Waals surface area contributed by atoms with Gasteiger partial charge in [0, 0.05) is 36.5 Å². The van der Waals surface area contributed by atoms with Gasteiger partial charge in [-0.1, -0.05) is 0 Å². The van der Waals surface area contributed by atoms with Crippen LogP contribution < -0.4 is 16.4 Å². The van der Waals surface area contributed by atoms with Crippen molar-refractivity contribution in [3.05, 3.63) is 66.9 Å². The van der Waals surface area contributed by atoms with E-state index in [-0.39, 0.29) is 34.2 Å². The second-order valence-electron chi connectivity index (χ2n) is 6.45. The molecule has 1 atom stereocenters. The van der Waals surface area contributed by atoms with E-state index in [2.05, 4.69) is 10.6 Å². The molecule has 3 aliphatic rings. The zero-order valence-corrected chi connectivity index (χ0v) is 14.3. The highest BCUT2D eigenvalue weighted by molar-refractivity contribution is 6.12. The first-order valence-electron chi connectivity index (χ1n) is 8.25. The summed E-state index contributed by atoms with van der Waals surface area (Å²) in [7, 11) is 0. The SMILES string of the molecule is N#CC1=C(N)N2CCCNC2=C([N+](=O)[O-])C12C(=O)Nc1ccc([N+](=O)[O-])cc12. The third kappa shape index (κ3) is 1.95. The Morgan fingerprint density at radius 3 is 2.68 bits per heavy atom. The maximum absolute atomic E-state index is 13.1. The van der Waals surface area contributed by atoms with E-state index in [0.29, 0.717) is 19.5 Å². The minimum Gasteiger partial charge on any atom is -0.384 e. The Morgan fingerprint density at radius 2 is 2.04 bits per heavy atom. The molecule has 4 N–H and O–H groups in total. The number of anilines is 1. The minimum absolute atomic E-state index is 0.0160. The third-order valence-electron chi connectivity index (χ3n) is 5.12. The van der Waals surface area contributed by atoms with E-state index < -0.39 is 26.9 Å². The number of hydrogen-bond donors (Lipinski definition) is 3. The van der Waals surface area contributed by atoms with E-state index in [1.807, 2.05) is 6.07 Å². The topological polar surface area (TPSA) is 180 Å². The fraction of sp³-hybridized carbons (Fsp3) is 0.250. The summed E-state index contributed by atoms with van der Waals surface area (Å²) in [5, 5.41) is 38.6. The van der Waals surface area contributed by atoms with Crippen molar-refractivity contribution in [2.24, 2.45) is 5.73 Å². The predicted octanol–water partition coefficient (Wildman–Crippen LogP) is 0.233. The number of rotatable bonds is 2. The van der Waals surface area contributed by atoms with Gasteiger partial charge in [0.2, 0.25) is 5.41 Å². The van der Waals surface area contributed by atoms with Crippen LogP contribution in [0.25, 0.3) is 0 Å². The molecule has 1 aromatic rings. The molecule has 1 saturated heterocycles. The molecule has 28 heavy (non-hydrogen) atoms. The monoisotopic (exact) mass is 383 g/mol. The van der Waals surface area contributed by atoms with Gasteiger partial charge >= 0.3 is 5.70 Å². The molecule has 3 aliphatic heterocycles. The first-order chi connectivity index (χ1) is 13.3. The van der Waals surface area contributed by atoms with Crippen LogP contribution in [0.3, 0.4) is 0 Å². The number of nitrogens with zero attached hydrogens (tertiary/aromatic N) is 4. The van der Waals surface area contributed by atoms with Crippen molar-refractivity contribution in [3.8, 4) is 6.07 Å². The maximum Gasteiger partial charge on any atom is 0.311 e. The number of amides is 1. The van der Waals surface area contributed by atoms with Crippen LogP contribution in [0.4, 0.5) is 11.4 Å². The highest BCUT2D eigenvalue weighted by atomic mass is 16.6. The molecule has 0 bridgehead atoms. The van der Waals surface area contributed by atoms with Crippen molar-refractivity contribution >= 4 is 17.3 Å². The van der Waals surface area contributed by atoms with Gasteiger partial charge in [-0.15, -0.1) is 0 Å². The molecule has 4 rings (SSSR count). The first kappa shape index (κ1) is 17.3. The van der Waals surface area contributed by atoms with Crippen LogP contribution in [0, 0.1) is 31.6 Å². The fourth-order valence-electron chi connectivity index (χ4n) is 3.98. The first-order valence-corrected chi connectivity index (χ1v) is 8.25. The van der Waals surface area contributed by atoms with Gasteiger partial charge in [0.15, 0.2) is 5.82 Å². The molecule has 12 heteroatoms. The average molecular weight is 383 g/mol. The van der Waals surface area contributed by atoms with Crippen molar-refractivity contribution in [2.45, 2.75) is 11.8 Å². The van der Waals surface area contributed by atoms with Gasteiger partial charge in [-0.25, -0.2) is 0 Å². The Morgan fingerprint density at radius 1 is 1.29 bits per heavy atom. The van der Waals surface area contributed by atoms with Gasteiger partial charge < -0.3 is 21.3 Å². The normalized spacial score (nSPS) is 23.0. The molecule has 1 fully saturated rings. The van der Waals surface area contributed by atoms with E-state index in [4.69, 9.17) is 5.73 Å².